The molecule has 0 fully saturated rings. The minimum atomic E-state index is -1.97. The van der Waals surface area contributed by atoms with Gasteiger partial charge in [0, 0.05) is 61.5 Å². The van der Waals surface area contributed by atoms with Crippen molar-refractivity contribution in [2.24, 2.45) is 17.4 Å². The second kappa shape index (κ2) is 42.8. The number of carbonyl (C=O) groups excluding carboxylic acids is 10. The summed E-state index contributed by atoms with van der Waals surface area (Å²) in [5.74, 6) is -14.8. The highest BCUT2D eigenvalue weighted by Gasteiger charge is 2.37. The number of anilines is 1. The van der Waals surface area contributed by atoms with Crippen LogP contribution < -0.4 is 75.0 Å². The van der Waals surface area contributed by atoms with Crippen LogP contribution in [0.15, 0.2) is 82.0 Å². The smallest absolute Gasteiger partial charge is 0.336 e. The summed E-state index contributed by atoms with van der Waals surface area (Å²) in [6, 6.07) is 2.35. The van der Waals surface area contributed by atoms with Crippen LogP contribution in [0.4, 0.5) is 17.1 Å². The normalized spacial score (nSPS) is 13.6. The molecule has 0 saturated carbocycles. The van der Waals surface area contributed by atoms with E-state index in [4.69, 9.17) is 20.6 Å². The van der Waals surface area contributed by atoms with Crippen LogP contribution in [0.2, 0.25) is 0 Å². The molecule has 0 radical (unpaired) electrons. The van der Waals surface area contributed by atoms with Gasteiger partial charge in [-0.05, 0) is 112 Å². The number of thioether (sulfide) groups is 1. The fourth-order valence-electron chi connectivity index (χ4n) is 10.4. The summed E-state index contributed by atoms with van der Waals surface area (Å²) < 4.78 is 10.5. The predicted octanol–water partition coefficient (Wildman–Crippen LogP) is 0.296. The van der Waals surface area contributed by atoms with Crippen LogP contribution in [0.25, 0.3) is 11.0 Å². The van der Waals surface area contributed by atoms with Gasteiger partial charge in [-0.25, -0.2) is 4.79 Å². The number of carboxylic acids is 3. The number of hydrogen-bond acceptors (Lipinski definition) is 23. The van der Waals surface area contributed by atoms with Crippen LogP contribution in [0.3, 0.4) is 0 Å². The largest absolute Gasteiger partial charge is 0.497 e. The highest BCUT2D eigenvalue weighted by Crippen LogP contribution is 2.29. The predicted molar refractivity (Wildman–Crippen MR) is 374 cm³/mol. The first-order valence-electron chi connectivity index (χ1n) is 32.9. The number of nitrogens with one attached hydrogen (secondary N) is 10. The summed E-state index contributed by atoms with van der Waals surface area (Å²) in [7, 11) is 1.40. The Morgan fingerprint density at radius 3 is 1.69 bits per heavy atom. The average Bonchev–Trinajstić information content (AvgIpc) is 0.804. The maximum Gasteiger partial charge on any atom is 0.336 e. The molecule has 0 unspecified atom stereocenters. The molecule has 4 rings (SSSR count). The number of aliphatic carboxylic acids is 3. The van der Waals surface area contributed by atoms with Gasteiger partial charge < -0.3 is 89.1 Å². The van der Waals surface area contributed by atoms with Gasteiger partial charge in [0.2, 0.25) is 59.1 Å². The summed E-state index contributed by atoms with van der Waals surface area (Å²) in [5.41, 5.74) is 10.4. The summed E-state index contributed by atoms with van der Waals surface area (Å²) >= 11 is 1.23. The molecule has 0 bridgehead atoms. The van der Waals surface area contributed by atoms with Gasteiger partial charge in [0.1, 0.15) is 71.4 Å². The van der Waals surface area contributed by atoms with Gasteiger partial charge in [-0.2, -0.15) is 11.8 Å². The van der Waals surface area contributed by atoms with E-state index in [0.717, 1.165) is 31.2 Å². The number of non-ortho nitro benzene ring substituents is 1. The van der Waals surface area contributed by atoms with Gasteiger partial charge in [0.05, 0.1) is 29.8 Å². The highest BCUT2D eigenvalue weighted by atomic mass is 32.2. The molecule has 10 amide bonds. The Hall–Kier alpha value is -11.3. The molecular formula is C66H88N14O23S. The van der Waals surface area contributed by atoms with E-state index in [9.17, 15) is 103 Å². The van der Waals surface area contributed by atoms with Crippen LogP contribution in [0.1, 0.15) is 109 Å². The van der Waals surface area contributed by atoms with Crippen molar-refractivity contribution in [3.05, 3.63) is 115 Å². The van der Waals surface area contributed by atoms with Crippen molar-refractivity contribution >= 4 is 117 Å². The number of primary amides is 1. The number of rotatable bonds is 47. The van der Waals surface area contributed by atoms with Crippen molar-refractivity contribution in [3.8, 4) is 5.75 Å². The maximum absolute atomic E-state index is 14.3. The number of nitro benzene ring substituents is 2. The van der Waals surface area contributed by atoms with Crippen molar-refractivity contribution in [2.75, 3.05) is 37.5 Å². The van der Waals surface area contributed by atoms with Gasteiger partial charge in [-0.3, -0.25) is 82.6 Å². The summed E-state index contributed by atoms with van der Waals surface area (Å²) in [6.07, 6.45) is -1.98. The molecule has 9 atom stereocenters. The van der Waals surface area contributed by atoms with Gasteiger partial charge in [-0.1, -0.05) is 44.2 Å². The molecule has 4 aromatic rings. The minimum absolute atomic E-state index is 0.0211. The molecule has 17 N–H and O–H groups in total. The van der Waals surface area contributed by atoms with E-state index in [1.807, 2.05) is 0 Å². The zero-order chi connectivity index (χ0) is 77.3. The molecule has 1 aromatic heterocycles. The van der Waals surface area contributed by atoms with Gasteiger partial charge in [-0.15, -0.1) is 0 Å². The van der Waals surface area contributed by atoms with E-state index in [1.165, 1.54) is 24.9 Å². The molecule has 0 aliphatic rings. The van der Waals surface area contributed by atoms with E-state index in [0.29, 0.717) is 23.1 Å². The lowest BCUT2D eigenvalue weighted by Crippen LogP contribution is -2.61. The molecule has 3 aromatic carbocycles. The van der Waals surface area contributed by atoms with Crippen LogP contribution in [0, 0.1) is 26.1 Å². The molecule has 37 nitrogen and oxygen atoms in total. The molecule has 38 heteroatoms. The Kier molecular flexibility index (Phi) is 35.0. The maximum atomic E-state index is 14.3. The van der Waals surface area contributed by atoms with E-state index < -0.39 is 203 Å². The number of nitro groups is 2. The number of carbonyl (C=O) groups is 13. The van der Waals surface area contributed by atoms with E-state index in [2.05, 4.69) is 53.2 Å². The van der Waals surface area contributed by atoms with Crippen LogP contribution in [-0.2, 0) is 75.2 Å². The summed E-state index contributed by atoms with van der Waals surface area (Å²) in [5, 5.41) is 77.1. The lowest BCUT2D eigenvalue weighted by molar-refractivity contribution is -0.388. The van der Waals surface area contributed by atoms with E-state index in [-0.39, 0.29) is 80.6 Å². The third kappa shape index (κ3) is 28.6. The number of methoxy groups -OCH3 is 1. The number of nitrogens with zero attached hydrogens (tertiary/aromatic N) is 2. The SMILES string of the molecule is COc1ccc2c(CC(=O)N[C@@H](CCC(=O)O)C(=O)N[C@H](C(=O)N[C@@H](CCCCN)C(=O)N[C@@H](CCSC)C(=O)N[C@@H](CC(=O)O)C(=O)N[C@@H](C)C(=O)N[C@@H](CCC(=O)O)C(=O)N[C@@H](Cc3ccccc3)C(=O)N[C@@H](CCCCNc3cc([N+](=O)[O-])ccc3[N+](=O)[O-])C(N)=O)C(C)C)cc(=O)oc2c1. The standard InChI is InChI=1S/C66H88N14O23S/c1-35(2)57(78-63(94)44(20-23-53(82)83)71-52(81)30-38-31-56(88)103-51-33-40(102-4)18-19-41(38)51)66(97)75-43(16-9-11-26-67)60(91)74-46(25-28-104-5)62(93)77-49(34-55(86)87)64(95)70-36(3)59(90)73-45(21-24-54(84)85)61(92)76-48(29-37-13-7-6-8-14-37)65(96)72-42(58(68)89)15-10-12-27-69-47-32-39(79(98)99)17-22-50(47)80(100)101/h6-8,13-14,17-19,22,31-33,35-36,42-46,48-49,57,69H,9-12,15-16,20-21,23-30,34,67H2,1-5H3,(H2,68,89)(H,70,95)(H,71,81)(H,72,96)(H,73,90)(H,74,91)(H,75,97)(H,76,92)(H,77,93)(H,78,94)(H,82,83)(H,84,85)(H,86,87)/t36-,42-,43-,44-,45-,46-,48-,49-,57-/m0/s1. The number of benzene rings is 3. The Bertz CT molecular complexity index is 3800. The zero-order valence-electron chi connectivity index (χ0n) is 57.7. The Morgan fingerprint density at radius 2 is 1.12 bits per heavy atom. The van der Waals surface area contributed by atoms with Crippen molar-refractivity contribution in [2.45, 2.75) is 165 Å². The van der Waals surface area contributed by atoms with Crippen LogP contribution in [-0.4, -0.2) is 189 Å². The van der Waals surface area contributed by atoms with Gasteiger partial charge in [0.25, 0.3) is 11.4 Å². The topological polar surface area (TPSA) is 581 Å². The second-order valence-electron chi connectivity index (χ2n) is 24.3. The Balaban J connectivity index is 1.49. The fraction of sp³-hybridized carbons (Fsp3) is 0.485. The van der Waals surface area contributed by atoms with Crippen molar-refractivity contribution in [1.29, 1.82) is 0 Å². The number of nitrogens with two attached hydrogens (primary N) is 2. The minimum Gasteiger partial charge on any atom is -0.497 e. The first-order valence-corrected chi connectivity index (χ1v) is 34.3. The summed E-state index contributed by atoms with van der Waals surface area (Å²) in [6.45, 7) is 4.37. The fourth-order valence-corrected chi connectivity index (χ4v) is 10.9. The molecular weight excluding hydrogens is 1390 g/mol. The molecule has 566 valence electrons. The number of unbranched alkanes of at least 4 members (excludes halogenated alkanes) is 2. The molecule has 0 spiro atoms. The zero-order valence-corrected chi connectivity index (χ0v) is 58.5. The van der Waals surface area contributed by atoms with Crippen LogP contribution in [0.5, 0.6) is 5.75 Å². The van der Waals surface area contributed by atoms with Crippen molar-refractivity contribution in [3.63, 3.8) is 0 Å². The first kappa shape index (κ1) is 85.1. The monoisotopic (exact) mass is 1480 g/mol. The number of carboxylic acid groups (broad SMARTS) is 3. The molecule has 1 heterocycles. The van der Waals surface area contributed by atoms with E-state index in [1.54, 1.807) is 62.6 Å². The Labute approximate surface area is 599 Å². The van der Waals surface area contributed by atoms with Crippen molar-refractivity contribution < 1.29 is 96.6 Å². The summed E-state index contributed by atoms with van der Waals surface area (Å²) in [4.78, 5) is 209. The third-order valence-corrected chi connectivity index (χ3v) is 16.6. The van der Waals surface area contributed by atoms with E-state index >= 15 is 0 Å². The van der Waals surface area contributed by atoms with Gasteiger partial charge >= 0.3 is 23.5 Å². The quantitative estimate of drug-likeness (QED) is 0.0122. The molecule has 0 aliphatic carbocycles. The van der Waals surface area contributed by atoms with Crippen LogP contribution >= 0.6 is 11.8 Å². The molecule has 0 aliphatic heterocycles. The number of hydrogen-bond donors (Lipinski definition) is 15. The number of ether oxygens (including phenoxy) is 1. The Morgan fingerprint density at radius 1 is 0.577 bits per heavy atom. The van der Waals surface area contributed by atoms with Gasteiger partial charge in [0.15, 0.2) is 0 Å². The molecule has 0 saturated heterocycles. The highest BCUT2D eigenvalue weighted by molar-refractivity contribution is 7.98. The first-order chi connectivity index (χ1) is 49.2. The lowest BCUT2D eigenvalue weighted by Gasteiger charge is -2.28. The van der Waals surface area contributed by atoms with Crippen molar-refractivity contribution in [1.82, 2.24) is 47.9 Å². The third-order valence-electron chi connectivity index (χ3n) is 16.0. The number of fused-ring (bicyclic) bond motifs is 1. The lowest BCUT2D eigenvalue weighted by atomic mass is 10.00. The average molecular weight is 1480 g/mol. The number of amides is 10. The second-order valence-corrected chi connectivity index (χ2v) is 25.3. The molecule has 104 heavy (non-hydrogen) atoms.